The Hall–Kier alpha value is -2.07. The summed E-state index contributed by atoms with van der Waals surface area (Å²) in [7, 11) is 1.87. The Kier molecular flexibility index (Phi) is 4.36. The summed E-state index contributed by atoms with van der Waals surface area (Å²) < 4.78 is 0. The number of pyridine rings is 1. The number of benzene rings is 1. The number of carbonyl (C=O) groups is 1. The van der Waals surface area contributed by atoms with Crippen LogP contribution in [0.4, 0.5) is 11.5 Å². The van der Waals surface area contributed by atoms with Crippen molar-refractivity contribution >= 4 is 29.0 Å². The fraction of sp³-hybridized carbons (Fsp3) is 0.143. The van der Waals surface area contributed by atoms with Crippen LogP contribution in [0.2, 0.25) is 5.02 Å². The smallest absolute Gasteiger partial charge is 0.245 e. The molecule has 1 aromatic heterocycles. The van der Waals surface area contributed by atoms with E-state index in [1.165, 1.54) is 6.20 Å². The lowest BCUT2D eigenvalue weighted by Gasteiger charge is -2.18. The van der Waals surface area contributed by atoms with Gasteiger partial charge in [0, 0.05) is 18.9 Å². The van der Waals surface area contributed by atoms with Crippen LogP contribution < -0.4 is 10.2 Å². The molecule has 0 spiro atoms. The molecule has 0 fully saturated rings. The van der Waals surface area contributed by atoms with Crippen molar-refractivity contribution in [2.75, 3.05) is 23.8 Å². The fourth-order valence-corrected chi connectivity index (χ4v) is 1.73. The highest BCUT2D eigenvalue weighted by atomic mass is 35.5. The third-order valence-electron chi connectivity index (χ3n) is 2.57. The lowest BCUT2D eigenvalue weighted by atomic mass is 10.3. The third kappa shape index (κ3) is 3.96. The summed E-state index contributed by atoms with van der Waals surface area (Å²) in [6.45, 7) is 0.258. The SMILES string of the molecule is CN(CC(=O)Nc1ccc(Cl)cn1)c1ccccc1. The molecule has 2 aromatic rings. The van der Waals surface area contributed by atoms with Crippen molar-refractivity contribution in [1.29, 1.82) is 0 Å². The number of aromatic nitrogens is 1. The largest absolute Gasteiger partial charge is 0.365 e. The Morgan fingerprint density at radius 1 is 1.26 bits per heavy atom. The minimum atomic E-state index is -0.124. The predicted molar refractivity (Wildman–Crippen MR) is 77.6 cm³/mol. The Morgan fingerprint density at radius 3 is 2.63 bits per heavy atom. The second-order valence-corrected chi connectivity index (χ2v) is 4.54. The van der Waals surface area contributed by atoms with Gasteiger partial charge in [-0.05, 0) is 24.3 Å². The van der Waals surface area contributed by atoms with E-state index in [0.717, 1.165) is 5.69 Å². The molecule has 19 heavy (non-hydrogen) atoms. The van der Waals surface area contributed by atoms with Gasteiger partial charge in [-0.3, -0.25) is 4.79 Å². The molecule has 1 heterocycles. The zero-order valence-corrected chi connectivity index (χ0v) is 11.3. The molecule has 0 aliphatic rings. The van der Waals surface area contributed by atoms with Gasteiger partial charge in [-0.1, -0.05) is 29.8 Å². The molecule has 1 N–H and O–H groups in total. The van der Waals surface area contributed by atoms with Crippen LogP contribution in [0, 0.1) is 0 Å². The van der Waals surface area contributed by atoms with Crippen molar-refractivity contribution in [2.24, 2.45) is 0 Å². The molecule has 0 aliphatic carbocycles. The summed E-state index contributed by atoms with van der Waals surface area (Å²) in [4.78, 5) is 17.7. The summed E-state index contributed by atoms with van der Waals surface area (Å²) in [5, 5.41) is 3.26. The van der Waals surface area contributed by atoms with Crippen LogP contribution in [0.15, 0.2) is 48.7 Å². The lowest BCUT2D eigenvalue weighted by Crippen LogP contribution is -2.30. The predicted octanol–water partition coefficient (Wildman–Crippen LogP) is 2.81. The number of hydrogen-bond donors (Lipinski definition) is 1. The van der Waals surface area contributed by atoms with Gasteiger partial charge in [-0.2, -0.15) is 0 Å². The summed E-state index contributed by atoms with van der Waals surface area (Å²) in [5.74, 6) is 0.372. The molecule has 0 radical (unpaired) electrons. The van der Waals surface area contributed by atoms with Crippen LogP contribution in [-0.4, -0.2) is 24.5 Å². The van der Waals surface area contributed by atoms with Gasteiger partial charge in [0.25, 0.3) is 0 Å². The van der Waals surface area contributed by atoms with Gasteiger partial charge >= 0.3 is 0 Å². The first kappa shape index (κ1) is 13.4. The summed E-state index contributed by atoms with van der Waals surface area (Å²) >= 11 is 5.73. The second kappa shape index (κ2) is 6.20. The van der Waals surface area contributed by atoms with Crippen LogP contribution in [0.5, 0.6) is 0 Å². The lowest BCUT2D eigenvalue weighted by molar-refractivity contribution is -0.114. The third-order valence-corrected chi connectivity index (χ3v) is 2.80. The highest BCUT2D eigenvalue weighted by molar-refractivity contribution is 6.30. The Bertz CT molecular complexity index is 542. The van der Waals surface area contributed by atoms with Crippen molar-refractivity contribution in [2.45, 2.75) is 0 Å². The molecule has 98 valence electrons. The fourth-order valence-electron chi connectivity index (χ4n) is 1.62. The van der Waals surface area contributed by atoms with Gasteiger partial charge in [0.2, 0.25) is 5.91 Å². The molecule has 0 aliphatic heterocycles. The second-order valence-electron chi connectivity index (χ2n) is 4.10. The number of rotatable bonds is 4. The van der Waals surface area contributed by atoms with Crippen molar-refractivity contribution in [1.82, 2.24) is 4.98 Å². The van der Waals surface area contributed by atoms with Crippen molar-refractivity contribution in [3.05, 3.63) is 53.7 Å². The molecule has 1 amide bonds. The molecule has 0 atom stereocenters. The van der Waals surface area contributed by atoms with Gasteiger partial charge in [0.05, 0.1) is 11.6 Å². The van der Waals surface area contributed by atoms with Crippen molar-refractivity contribution < 1.29 is 4.79 Å². The number of nitrogens with zero attached hydrogens (tertiary/aromatic N) is 2. The normalized spacial score (nSPS) is 10.0. The zero-order valence-electron chi connectivity index (χ0n) is 10.5. The molecule has 0 saturated heterocycles. The standard InChI is InChI=1S/C14H14ClN3O/c1-18(12-5-3-2-4-6-12)10-14(19)17-13-8-7-11(15)9-16-13/h2-9H,10H2,1H3,(H,16,17,19). The quantitative estimate of drug-likeness (QED) is 0.933. The number of hydrogen-bond acceptors (Lipinski definition) is 3. The van der Waals surface area contributed by atoms with E-state index in [0.29, 0.717) is 10.8 Å². The van der Waals surface area contributed by atoms with Crippen LogP contribution >= 0.6 is 11.6 Å². The summed E-state index contributed by atoms with van der Waals surface area (Å²) in [6, 6.07) is 13.1. The Morgan fingerprint density at radius 2 is 2.00 bits per heavy atom. The minimum Gasteiger partial charge on any atom is -0.365 e. The van der Waals surface area contributed by atoms with E-state index in [1.807, 2.05) is 42.3 Å². The average Bonchev–Trinajstić information content (AvgIpc) is 2.42. The van der Waals surface area contributed by atoms with Crippen LogP contribution in [0.25, 0.3) is 0 Å². The van der Waals surface area contributed by atoms with Gasteiger partial charge in [0.15, 0.2) is 0 Å². The zero-order chi connectivity index (χ0) is 13.7. The van der Waals surface area contributed by atoms with Crippen molar-refractivity contribution in [3.8, 4) is 0 Å². The molecule has 0 unspecified atom stereocenters. The number of amides is 1. The molecule has 5 heteroatoms. The maximum Gasteiger partial charge on any atom is 0.245 e. The number of likely N-dealkylation sites (N-methyl/N-ethyl adjacent to an activating group) is 1. The maximum atomic E-state index is 11.9. The van der Waals surface area contributed by atoms with Gasteiger partial charge < -0.3 is 10.2 Å². The van der Waals surface area contributed by atoms with E-state index >= 15 is 0 Å². The number of para-hydroxylation sites is 1. The first-order valence-corrected chi connectivity index (χ1v) is 6.20. The molecular formula is C14H14ClN3O. The topological polar surface area (TPSA) is 45.2 Å². The molecular weight excluding hydrogens is 262 g/mol. The van der Waals surface area contributed by atoms with Gasteiger partial charge in [-0.15, -0.1) is 0 Å². The highest BCUT2D eigenvalue weighted by Gasteiger charge is 2.07. The molecule has 1 aromatic carbocycles. The van der Waals surface area contributed by atoms with E-state index in [1.54, 1.807) is 12.1 Å². The monoisotopic (exact) mass is 275 g/mol. The highest BCUT2D eigenvalue weighted by Crippen LogP contribution is 2.12. The molecule has 0 saturated carbocycles. The minimum absolute atomic E-state index is 0.124. The Labute approximate surface area is 117 Å². The number of halogens is 1. The van der Waals surface area contributed by atoms with Crippen LogP contribution in [0.1, 0.15) is 0 Å². The van der Waals surface area contributed by atoms with Gasteiger partial charge in [-0.25, -0.2) is 4.98 Å². The number of anilines is 2. The first-order valence-electron chi connectivity index (χ1n) is 5.83. The van der Waals surface area contributed by atoms with E-state index in [4.69, 9.17) is 11.6 Å². The number of nitrogens with one attached hydrogen (secondary N) is 1. The summed E-state index contributed by atoms with van der Waals surface area (Å²) in [5.41, 5.74) is 0.988. The van der Waals surface area contributed by atoms with E-state index in [2.05, 4.69) is 10.3 Å². The van der Waals surface area contributed by atoms with Crippen LogP contribution in [0.3, 0.4) is 0 Å². The molecule has 2 rings (SSSR count). The van der Waals surface area contributed by atoms with E-state index in [9.17, 15) is 4.79 Å². The van der Waals surface area contributed by atoms with Crippen LogP contribution in [-0.2, 0) is 4.79 Å². The average molecular weight is 276 g/mol. The van der Waals surface area contributed by atoms with E-state index in [-0.39, 0.29) is 12.5 Å². The Balaban J connectivity index is 1.93. The molecule has 4 nitrogen and oxygen atoms in total. The molecule has 0 bridgehead atoms. The van der Waals surface area contributed by atoms with E-state index < -0.39 is 0 Å². The maximum absolute atomic E-state index is 11.9. The summed E-state index contributed by atoms with van der Waals surface area (Å²) in [6.07, 6.45) is 1.50. The van der Waals surface area contributed by atoms with Crippen molar-refractivity contribution in [3.63, 3.8) is 0 Å². The van der Waals surface area contributed by atoms with Gasteiger partial charge in [0.1, 0.15) is 5.82 Å². The number of carbonyl (C=O) groups excluding carboxylic acids is 1. The first-order chi connectivity index (χ1) is 9.15.